The second-order valence-electron chi connectivity index (χ2n) is 2.65. The molecule has 0 amide bonds. The third-order valence-corrected chi connectivity index (χ3v) is 2.70. The van der Waals surface area contributed by atoms with Gasteiger partial charge in [0.25, 0.3) is 0 Å². The van der Waals surface area contributed by atoms with E-state index in [1.807, 2.05) is 24.3 Å². The molecule has 0 aliphatic rings. The van der Waals surface area contributed by atoms with E-state index in [9.17, 15) is 0 Å². The fourth-order valence-electron chi connectivity index (χ4n) is 1.29. The first-order valence-electron chi connectivity index (χ1n) is 4.10. The minimum absolute atomic E-state index is 0.799. The highest BCUT2D eigenvalue weighted by molar-refractivity contribution is 9.10. The van der Waals surface area contributed by atoms with E-state index in [0.29, 0.717) is 0 Å². The first-order chi connectivity index (χ1) is 6.70. The van der Waals surface area contributed by atoms with Crippen molar-refractivity contribution in [2.75, 3.05) is 21.3 Å². The molecular weight excluding hydrogens is 248 g/mol. The Bertz CT molecular complexity index is 289. The Hall–Kier alpha value is -0.420. The molecule has 1 rings (SSSR count). The molecule has 0 atom stereocenters. The number of methoxy groups -OCH3 is 3. The quantitative estimate of drug-likeness (QED) is 0.779. The summed E-state index contributed by atoms with van der Waals surface area (Å²) in [7, 11) is 4.60. The summed E-state index contributed by atoms with van der Waals surface area (Å²) < 4.78 is 16.6. The SMILES string of the molecule is COC(OC)(OC)c1ccccc1Br. The predicted molar refractivity (Wildman–Crippen MR) is 56.8 cm³/mol. The molecule has 4 heteroatoms. The number of halogens is 1. The molecule has 0 aliphatic heterocycles. The molecule has 0 saturated heterocycles. The number of rotatable bonds is 4. The molecule has 0 aromatic heterocycles. The van der Waals surface area contributed by atoms with Crippen LogP contribution in [0.2, 0.25) is 0 Å². The average Bonchev–Trinajstić information content (AvgIpc) is 2.24. The number of hydrogen-bond donors (Lipinski definition) is 0. The zero-order chi connectivity index (χ0) is 10.6. The van der Waals surface area contributed by atoms with Crippen molar-refractivity contribution in [3.63, 3.8) is 0 Å². The fourth-order valence-corrected chi connectivity index (χ4v) is 1.82. The molecule has 0 unspecified atom stereocenters. The van der Waals surface area contributed by atoms with Crippen LogP contribution in [-0.2, 0) is 20.2 Å². The van der Waals surface area contributed by atoms with E-state index >= 15 is 0 Å². The second-order valence-corrected chi connectivity index (χ2v) is 3.50. The molecule has 0 N–H and O–H groups in total. The minimum Gasteiger partial charge on any atom is -0.327 e. The van der Waals surface area contributed by atoms with Crippen LogP contribution in [0.3, 0.4) is 0 Å². The lowest BCUT2D eigenvalue weighted by molar-refractivity contribution is -0.365. The Labute approximate surface area is 92.1 Å². The van der Waals surface area contributed by atoms with Gasteiger partial charge in [-0.05, 0) is 12.1 Å². The predicted octanol–water partition coefficient (Wildman–Crippen LogP) is 2.50. The Morgan fingerprint density at radius 3 is 1.93 bits per heavy atom. The Kier molecular flexibility index (Phi) is 4.07. The van der Waals surface area contributed by atoms with Gasteiger partial charge in [-0.3, -0.25) is 0 Å². The van der Waals surface area contributed by atoms with Crippen LogP contribution in [0.4, 0.5) is 0 Å². The van der Waals surface area contributed by atoms with E-state index in [2.05, 4.69) is 15.9 Å². The molecule has 0 heterocycles. The molecule has 0 aliphatic carbocycles. The molecule has 0 radical (unpaired) electrons. The van der Waals surface area contributed by atoms with Crippen molar-refractivity contribution < 1.29 is 14.2 Å². The highest BCUT2D eigenvalue weighted by Gasteiger charge is 2.34. The van der Waals surface area contributed by atoms with Crippen molar-refractivity contribution in [2.45, 2.75) is 5.97 Å². The van der Waals surface area contributed by atoms with Gasteiger partial charge in [-0.15, -0.1) is 0 Å². The van der Waals surface area contributed by atoms with Gasteiger partial charge in [0, 0.05) is 25.8 Å². The highest BCUT2D eigenvalue weighted by atomic mass is 79.9. The van der Waals surface area contributed by atoms with E-state index in [-0.39, 0.29) is 0 Å². The maximum absolute atomic E-state index is 5.23. The normalized spacial score (nSPS) is 11.7. The molecule has 14 heavy (non-hydrogen) atoms. The van der Waals surface area contributed by atoms with Gasteiger partial charge in [0.15, 0.2) is 0 Å². The number of hydrogen-bond acceptors (Lipinski definition) is 3. The summed E-state index contributed by atoms with van der Waals surface area (Å²) in [5.74, 6) is -1.14. The van der Waals surface area contributed by atoms with Crippen molar-refractivity contribution in [2.24, 2.45) is 0 Å². The molecule has 1 aromatic rings. The van der Waals surface area contributed by atoms with Crippen LogP contribution in [-0.4, -0.2) is 21.3 Å². The van der Waals surface area contributed by atoms with E-state index < -0.39 is 5.97 Å². The first kappa shape index (κ1) is 11.7. The Morgan fingerprint density at radius 1 is 1.00 bits per heavy atom. The van der Waals surface area contributed by atoms with Gasteiger partial charge in [0.05, 0.1) is 5.56 Å². The summed E-state index contributed by atoms with van der Waals surface area (Å²) in [6.07, 6.45) is 0. The lowest BCUT2D eigenvalue weighted by atomic mass is 10.2. The summed E-state index contributed by atoms with van der Waals surface area (Å²) >= 11 is 3.41. The molecule has 0 bridgehead atoms. The van der Waals surface area contributed by atoms with Crippen molar-refractivity contribution in [1.82, 2.24) is 0 Å². The first-order valence-corrected chi connectivity index (χ1v) is 4.90. The summed E-state index contributed by atoms with van der Waals surface area (Å²) in [5, 5.41) is 0. The molecule has 0 fully saturated rings. The van der Waals surface area contributed by atoms with Crippen LogP contribution in [0.1, 0.15) is 5.56 Å². The second kappa shape index (κ2) is 4.89. The maximum atomic E-state index is 5.23. The molecule has 1 aromatic carbocycles. The fraction of sp³-hybridized carbons (Fsp3) is 0.400. The van der Waals surface area contributed by atoms with Gasteiger partial charge in [-0.1, -0.05) is 28.1 Å². The molecule has 0 saturated carbocycles. The van der Waals surface area contributed by atoms with E-state index in [1.165, 1.54) is 21.3 Å². The number of benzene rings is 1. The topological polar surface area (TPSA) is 27.7 Å². The zero-order valence-corrected chi connectivity index (χ0v) is 10.00. The largest absolute Gasteiger partial charge is 0.327 e. The molecule has 3 nitrogen and oxygen atoms in total. The van der Waals surface area contributed by atoms with E-state index in [0.717, 1.165) is 10.0 Å². The molecule has 0 spiro atoms. The summed E-state index contributed by atoms with van der Waals surface area (Å²) in [6.45, 7) is 0. The zero-order valence-electron chi connectivity index (χ0n) is 8.41. The molecular formula is C10H13BrO3. The number of ether oxygens (including phenoxy) is 3. The van der Waals surface area contributed by atoms with Crippen LogP contribution in [0.25, 0.3) is 0 Å². The van der Waals surface area contributed by atoms with Gasteiger partial charge < -0.3 is 14.2 Å². The molecule has 78 valence electrons. The Balaban J connectivity index is 3.17. The minimum atomic E-state index is -1.14. The van der Waals surface area contributed by atoms with E-state index in [1.54, 1.807) is 0 Å². The van der Waals surface area contributed by atoms with Crippen molar-refractivity contribution in [3.05, 3.63) is 34.3 Å². The third-order valence-electron chi connectivity index (χ3n) is 2.01. The van der Waals surface area contributed by atoms with Crippen molar-refractivity contribution in [1.29, 1.82) is 0 Å². The van der Waals surface area contributed by atoms with E-state index in [4.69, 9.17) is 14.2 Å². The van der Waals surface area contributed by atoms with Crippen LogP contribution < -0.4 is 0 Å². The highest BCUT2D eigenvalue weighted by Crippen LogP contribution is 2.32. The van der Waals surface area contributed by atoms with Crippen molar-refractivity contribution in [3.8, 4) is 0 Å². The Morgan fingerprint density at radius 2 is 1.50 bits per heavy atom. The smallest absolute Gasteiger partial charge is 0.312 e. The monoisotopic (exact) mass is 260 g/mol. The lowest BCUT2D eigenvalue weighted by Gasteiger charge is -2.29. The average molecular weight is 261 g/mol. The van der Waals surface area contributed by atoms with Gasteiger partial charge in [0.2, 0.25) is 0 Å². The van der Waals surface area contributed by atoms with Crippen LogP contribution >= 0.6 is 15.9 Å². The van der Waals surface area contributed by atoms with Gasteiger partial charge in [-0.2, -0.15) is 0 Å². The summed E-state index contributed by atoms with van der Waals surface area (Å²) in [4.78, 5) is 0. The van der Waals surface area contributed by atoms with Crippen molar-refractivity contribution >= 4 is 15.9 Å². The lowest BCUT2D eigenvalue weighted by Crippen LogP contribution is -2.33. The van der Waals surface area contributed by atoms with Gasteiger partial charge >= 0.3 is 5.97 Å². The maximum Gasteiger partial charge on any atom is 0.312 e. The summed E-state index contributed by atoms with van der Waals surface area (Å²) in [5.41, 5.74) is 0.799. The third kappa shape index (κ3) is 1.98. The van der Waals surface area contributed by atoms with Gasteiger partial charge in [0.1, 0.15) is 0 Å². The van der Waals surface area contributed by atoms with Crippen LogP contribution in [0, 0.1) is 0 Å². The van der Waals surface area contributed by atoms with Crippen LogP contribution in [0.5, 0.6) is 0 Å². The standard InChI is InChI=1S/C10H13BrO3/c1-12-10(13-2,14-3)8-6-4-5-7-9(8)11/h4-7H,1-3H3. The van der Waals surface area contributed by atoms with Crippen LogP contribution in [0.15, 0.2) is 28.7 Å². The van der Waals surface area contributed by atoms with Gasteiger partial charge in [-0.25, -0.2) is 0 Å². The summed E-state index contributed by atoms with van der Waals surface area (Å²) in [6, 6.07) is 7.59.